The molecule has 0 spiro atoms. The fourth-order valence-corrected chi connectivity index (χ4v) is 4.61. The van der Waals surface area contributed by atoms with Crippen LogP contribution in [0.25, 0.3) is 11.0 Å². The molecule has 2 aliphatic carbocycles. The molecule has 0 saturated heterocycles. The Balaban J connectivity index is 1.73. The summed E-state index contributed by atoms with van der Waals surface area (Å²) >= 11 is 5.53. The average Bonchev–Trinajstić information content (AvgIpc) is 3.14. The summed E-state index contributed by atoms with van der Waals surface area (Å²) in [7, 11) is 1.71. The third-order valence-electron chi connectivity index (χ3n) is 5.29. The molecule has 1 heterocycles. The summed E-state index contributed by atoms with van der Waals surface area (Å²) in [6.45, 7) is 1.06. The second-order valence-electron chi connectivity index (χ2n) is 6.33. The average molecular weight is 288 g/mol. The Labute approximate surface area is 123 Å². The first-order valence-corrected chi connectivity index (χ1v) is 7.92. The maximum absolute atomic E-state index is 5.53. The van der Waals surface area contributed by atoms with Crippen molar-refractivity contribution in [3.05, 3.63) is 23.0 Å². The molecule has 0 amide bonds. The SMILES string of the molecule is COc1cccc2c1[nH]c(=S)n2CC1CC2CCC1C2. The van der Waals surface area contributed by atoms with Crippen LogP contribution in [0.3, 0.4) is 0 Å². The molecule has 2 saturated carbocycles. The summed E-state index contributed by atoms with van der Waals surface area (Å²) in [6, 6.07) is 6.16. The maximum atomic E-state index is 5.53. The van der Waals surface area contributed by atoms with Crippen molar-refractivity contribution < 1.29 is 4.74 Å². The second-order valence-corrected chi connectivity index (χ2v) is 6.72. The van der Waals surface area contributed by atoms with E-state index in [4.69, 9.17) is 17.0 Å². The van der Waals surface area contributed by atoms with E-state index in [-0.39, 0.29) is 0 Å². The zero-order chi connectivity index (χ0) is 13.7. The molecule has 20 heavy (non-hydrogen) atoms. The molecule has 2 aromatic rings. The Hall–Kier alpha value is -1.29. The lowest BCUT2D eigenvalue weighted by molar-refractivity contribution is 0.297. The van der Waals surface area contributed by atoms with Crippen LogP contribution in [0.1, 0.15) is 25.7 Å². The molecule has 1 aromatic carbocycles. The van der Waals surface area contributed by atoms with Crippen LogP contribution < -0.4 is 4.74 Å². The number of hydrogen-bond acceptors (Lipinski definition) is 2. The number of ether oxygens (including phenoxy) is 1. The minimum absolute atomic E-state index is 0.811. The van der Waals surface area contributed by atoms with Crippen LogP contribution in [0.4, 0.5) is 0 Å². The number of para-hydroxylation sites is 1. The lowest BCUT2D eigenvalue weighted by Crippen LogP contribution is -2.17. The molecule has 3 atom stereocenters. The van der Waals surface area contributed by atoms with E-state index in [1.807, 2.05) is 12.1 Å². The predicted molar refractivity (Wildman–Crippen MR) is 82.6 cm³/mol. The van der Waals surface area contributed by atoms with Gasteiger partial charge in [0.15, 0.2) is 4.77 Å². The zero-order valence-electron chi connectivity index (χ0n) is 11.8. The Morgan fingerprint density at radius 2 is 2.25 bits per heavy atom. The van der Waals surface area contributed by atoms with Crippen LogP contribution in [0.2, 0.25) is 0 Å². The Kier molecular flexibility index (Phi) is 2.88. The first kappa shape index (κ1) is 12.5. The molecule has 2 aliphatic rings. The van der Waals surface area contributed by atoms with Gasteiger partial charge in [-0.15, -0.1) is 0 Å². The molecule has 3 nitrogen and oxygen atoms in total. The summed E-state index contributed by atoms with van der Waals surface area (Å²) < 4.78 is 8.53. The first-order chi connectivity index (χ1) is 9.76. The van der Waals surface area contributed by atoms with E-state index >= 15 is 0 Å². The number of aromatic amines is 1. The van der Waals surface area contributed by atoms with Gasteiger partial charge in [0.2, 0.25) is 0 Å². The van der Waals surface area contributed by atoms with E-state index in [2.05, 4.69) is 15.6 Å². The van der Waals surface area contributed by atoms with Crippen molar-refractivity contribution in [2.45, 2.75) is 32.2 Å². The lowest BCUT2D eigenvalue weighted by Gasteiger charge is -2.22. The van der Waals surface area contributed by atoms with Gasteiger partial charge in [-0.3, -0.25) is 0 Å². The van der Waals surface area contributed by atoms with Crippen molar-refractivity contribution in [3.8, 4) is 5.75 Å². The number of imidazole rings is 1. The fraction of sp³-hybridized carbons (Fsp3) is 0.562. The summed E-state index contributed by atoms with van der Waals surface area (Å²) in [6.07, 6.45) is 5.72. The van der Waals surface area contributed by atoms with Crippen LogP contribution >= 0.6 is 12.2 Å². The molecule has 3 unspecified atom stereocenters. The van der Waals surface area contributed by atoms with Crippen molar-refractivity contribution in [3.63, 3.8) is 0 Å². The van der Waals surface area contributed by atoms with Crippen LogP contribution in [0, 0.1) is 22.5 Å². The van der Waals surface area contributed by atoms with E-state index in [0.717, 1.165) is 40.3 Å². The molecule has 0 radical (unpaired) electrons. The van der Waals surface area contributed by atoms with Gasteiger partial charge in [-0.05, 0) is 61.4 Å². The third-order valence-corrected chi connectivity index (χ3v) is 5.62. The number of hydrogen-bond donors (Lipinski definition) is 1. The summed E-state index contributed by atoms with van der Waals surface area (Å²) in [5.41, 5.74) is 2.21. The highest BCUT2D eigenvalue weighted by atomic mass is 32.1. The van der Waals surface area contributed by atoms with Crippen molar-refractivity contribution in [1.29, 1.82) is 0 Å². The molecule has 1 N–H and O–H groups in total. The van der Waals surface area contributed by atoms with Gasteiger partial charge in [0.05, 0.1) is 12.6 Å². The van der Waals surface area contributed by atoms with Gasteiger partial charge in [0.1, 0.15) is 11.3 Å². The number of nitrogens with zero attached hydrogens (tertiary/aromatic N) is 1. The van der Waals surface area contributed by atoms with E-state index in [1.54, 1.807) is 7.11 Å². The molecule has 2 bridgehead atoms. The number of nitrogens with one attached hydrogen (secondary N) is 1. The normalized spacial score (nSPS) is 28.4. The van der Waals surface area contributed by atoms with Gasteiger partial charge in [0.25, 0.3) is 0 Å². The van der Waals surface area contributed by atoms with Gasteiger partial charge < -0.3 is 14.3 Å². The Morgan fingerprint density at radius 1 is 1.35 bits per heavy atom. The predicted octanol–water partition coefficient (Wildman–Crippen LogP) is 4.14. The third kappa shape index (κ3) is 1.81. The Morgan fingerprint density at radius 3 is 2.95 bits per heavy atom. The van der Waals surface area contributed by atoms with Gasteiger partial charge in [-0.25, -0.2) is 0 Å². The van der Waals surface area contributed by atoms with Crippen LogP contribution in [-0.4, -0.2) is 16.7 Å². The second kappa shape index (κ2) is 4.62. The molecular weight excluding hydrogens is 268 g/mol. The number of benzene rings is 1. The molecule has 0 aliphatic heterocycles. The summed E-state index contributed by atoms with van der Waals surface area (Å²) in [5.74, 6) is 3.60. The van der Waals surface area contributed by atoms with Crippen molar-refractivity contribution in [2.75, 3.05) is 7.11 Å². The van der Waals surface area contributed by atoms with Crippen LogP contribution in [0.15, 0.2) is 18.2 Å². The summed E-state index contributed by atoms with van der Waals surface area (Å²) in [4.78, 5) is 3.32. The van der Waals surface area contributed by atoms with Gasteiger partial charge in [0, 0.05) is 6.54 Å². The quantitative estimate of drug-likeness (QED) is 0.860. The highest BCUT2D eigenvalue weighted by Gasteiger charge is 2.39. The Bertz CT molecular complexity index is 702. The zero-order valence-corrected chi connectivity index (χ0v) is 12.6. The summed E-state index contributed by atoms with van der Waals surface area (Å²) in [5, 5.41) is 0. The van der Waals surface area contributed by atoms with Crippen LogP contribution in [0.5, 0.6) is 5.75 Å². The van der Waals surface area contributed by atoms with E-state index in [1.165, 1.54) is 31.2 Å². The van der Waals surface area contributed by atoms with E-state index < -0.39 is 0 Å². The van der Waals surface area contributed by atoms with Crippen molar-refractivity contribution >= 4 is 23.3 Å². The maximum Gasteiger partial charge on any atom is 0.178 e. The van der Waals surface area contributed by atoms with Crippen LogP contribution in [-0.2, 0) is 6.54 Å². The molecule has 106 valence electrons. The van der Waals surface area contributed by atoms with Crippen molar-refractivity contribution in [1.82, 2.24) is 9.55 Å². The van der Waals surface area contributed by atoms with Gasteiger partial charge in [-0.2, -0.15) is 0 Å². The van der Waals surface area contributed by atoms with Crippen molar-refractivity contribution in [2.24, 2.45) is 17.8 Å². The van der Waals surface area contributed by atoms with E-state index in [0.29, 0.717) is 0 Å². The number of fused-ring (bicyclic) bond motifs is 3. The number of aromatic nitrogens is 2. The highest BCUT2D eigenvalue weighted by molar-refractivity contribution is 7.71. The number of H-pyrrole nitrogens is 1. The minimum Gasteiger partial charge on any atom is -0.494 e. The lowest BCUT2D eigenvalue weighted by atomic mass is 9.89. The fourth-order valence-electron chi connectivity index (χ4n) is 4.34. The molecular formula is C16H20N2OS. The van der Waals surface area contributed by atoms with Gasteiger partial charge >= 0.3 is 0 Å². The first-order valence-electron chi connectivity index (χ1n) is 7.52. The number of rotatable bonds is 3. The monoisotopic (exact) mass is 288 g/mol. The standard InChI is InChI=1S/C16H20N2OS/c1-19-14-4-2-3-13-15(14)17-16(20)18(13)9-12-8-10-5-6-11(12)7-10/h2-4,10-12H,5-9H2,1H3,(H,17,20). The minimum atomic E-state index is 0.811. The topological polar surface area (TPSA) is 29.9 Å². The highest BCUT2D eigenvalue weighted by Crippen LogP contribution is 2.49. The van der Waals surface area contributed by atoms with E-state index in [9.17, 15) is 0 Å². The number of methoxy groups -OCH3 is 1. The largest absolute Gasteiger partial charge is 0.494 e. The molecule has 1 aromatic heterocycles. The smallest absolute Gasteiger partial charge is 0.178 e. The molecule has 2 fully saturated rings. The molecule has 4 rings (SSSR count). The molecule has 4 heteroatoms. The van der Waals surface area contributed by atoms with Gasteiger partial charge in [-0.1, -0.05) is 12.5 Å².